The van der Waals surface area contributed by atoms with Crippen molar-refractivity contribution in [2.45, 2.75) is 39.9 Å². The molecule has 0 aliphatic rings. The van der Waals surface area contributed by atoms with E-state index in [4.69, 9.17) is 5.73 Å². The summed E-state index contributed by atoms with van der Waals surface area (Å²) >= 11 is 1.81. The van der Waals surface area contributed by atoms with Crippen LogP contribution < -0.4 is 10.6 Å². The second-order valence-electron chi connectivity index (χ2n) is 5.09. The van der Waals surface area contributed by atoms with E-state index >= 15 is 0 Å². The van der Waals surface area contributed by atoms with Crippen LogP contribution in [0.4, 0.5) is 5.69 Å². The molecule has 0 fully saturated rings. The minimum absolute atomic E-state index is 0.452. The maximum atomic E-state index is 5.91. The molecule has 0 amide bonds. The molecule has 2 N–H and O–H groups in total. The summed E-state index contributed by atoms with van der Waals surface area (Å²) in [5.41, 5.74) is 9.73. The van der Waals surface area contributed by atoms with E-state index in [0.717, 1.165) is 6.54 Å². The molecule has 0 bridgehead atoms. The fourth-order valence-electron chi connectivity index (χ4n) is 2.39. The lowest BCUT2D eigenvalue weighted by Crippen LogP contribution is -2.31. The first kappa shape index (κ1) is 14.1. The molecule has 2 aromatic rings. The van der Waals surface area contributed by atoms with Gasteiger partial charge in [-0.05, 0) is 43.3 Å². The molecule has 1 aromatic heterocycles. The SMILES string of the molecule is Cc1cccc(CN)c1N(Cc1cccs1)C(C)C. The number of nitrogens with zero attached hydrogens (tertiary/aromatic N) is 1. The molecule has 0 atom stereocenters. The third-order valence-corrected chi connectivity index (χ3v) is 4.22. The zero-order valence-corrected chi connectivity index (χ0v) is 12.7. The molecule has 19 heavy (non-hydrogen) atoms. The molecule has 0 radical (unpaired) electrons. The van der Waals surface area contributed by atoms with E-state index in [1.807, 2.05) is 11.3 Å². The Morgan fingerprint density at radius 2 is 2.00 bits per heavy atom. The molecule has 2 rings (SSSR count). The highest BCUT2D eigenvalue weighted by Crippen LogP contribution is 2.29. The van der Waals surface area contributed by atoms with Crippen molar-refractivity contribution in [3.8, 4) is 0 Å². The van der Waals surface area contributed by atoms with Crippen LogP contribution in [0.25, 0.3) is 0 Å². The molecule has 2 nitrogen and oxygen atoms in total. The van der Waals surface area contributed by atoms with Crippen molar-refractivity contribution in [2.24, 2.45) is 5.73 Å². The van der Waals surface area contributed by atoms with Gasteiger partial charge in [0.25, 0.3) is 0 Å². The van der Waals surface area contributed by atoms with Gasteiger partial charge in [-0.1, -0.05) is 24.3 Å². The van der Waals surface area contributed by atoms with Gasteiger partial charge in [0.1, 0.15) is 0 Å². The van der Waals surface area contributed by atoms with Crippen LogP contribution in [0.3, 0.4) is 0 Å². The van der Waals surface area contributed by atoms with Crippen LogP contribution in [0.15, 0.2) is 35.7 Å². The van der Waals surface area contributed by atoms with Crippen LogP contribution in [0.1, 0.15) is 29.9 Å². The van der Waals surface area contributed by atoms with Crippen molar-refractivity contribution >= 4 is 17.0 Å². The third-order valence-electron chi connectivity index (χ3n) is 3.36. The van der Waals surface area contributed by atoms with Crippen molar-refractivity contribution in [1.29, 1.82) is 0 Å². The van der Waals surface area contributed by atoms with E-state index in [1.54, 1.807) is 0 Å². The molecule has 0 spiro atoms. The van der Waals surface area contributed by atoms with E-state index < -0.39 is 0 Å². The molecule has 0 saturated carbocycles. The summed E-state index contributed by atoms with van der Waals surface area (Å²) in [5, 5.41) is 2.13. The van der Waals surface area contributed by atoms with E-state index in [-0.39, 0.29) is 0 Å². The summed E-state index contributed by atoms with van der Waals surface area (Å²) in [5.74, 6) is 0. The number of aryl methyl sites for hydroxylation is 1. The number of nitrogens with two attached hydrogens (primary N) is 1. The van der Waals surface area contributed by atoms with Crippen LogP contribution in [0.5, 0.6) is 0 Å². The normalized spacial score (nSPS) is 11.0. The summed E-state index contributed by atoms with van der Waals surface area (Å²) in [6, 6.07) is 11.1. The zero-order valence-electron chi connectivity index (χ0n) is 11.9. The Balaban J connectivity index is 2.39. The maximum Gasteiger partial charge on any atom is 0.0525 e. The Morgan fingerprint density at radius 1 is 1.21 bits per heavy atom. The molecule has 0 aliphatic heterocycles. The van der Waals surface area contributed by atoms with Crippen molar-refractivity contribution in [1.82, 2.24) is 0 Å². The molecule has 1 heterocycles. The fraction of sp³-hybridized carbons (Fsp3) is 0.375. The summed E-state index contributed by atoms with van der Waals surface area (Å²) < 4.78 is 0. The lowest BCUT2D eigenvalue weighted by Gasteiger charge is -2.32. The first-order valence-electron chi connectivity index (χ1n) is 6.71. The Hall–Kier alpha value is -1.32. The van der Waals surface area contributed by atoms with Gasteiger partial charge in [0.15, 0.2) is 0 Å². The Kier molecular flexibility index (Phi) is 4.61. The Bertz CT molecular complexity index is 518. The molecule has 0 aliphatic carbocycles. The minimum Gasteiger partial charge on any atom is -0.363 e. The number of benzene rings is 1. The Labute approximate surface area is 119 Å². The van der Waals surface area contributed by atoms with E-state index in [2.05, 4.69) is 61.4 Å². The monoisotopic (exact) mass is 274 g/mol. The summed E-state index contributed by atoms with van der Waals surface area (Å²) in [7, 11) is 0. The average molecular weight is 274 g/mol. The van der Waals surface area contributed by atoms with Gasteiger partial charge in [-0.25, -0.2) is 0 Å². The van der Waals surface area contributed by atoms with Crippen LogP contribution in [-0.4, -0.2) is 6.04 Å². The standard InChI is InChI=1S/C16H22N2S/c1-12(2)18(11-15-8-5-9-19-15)16-13(3)6-4-7-14(16)10-17/h4-9,12H,10-11,17H2,1-3H3. The number of anilines is 1. The second-order valence-corrected chi connectivity index (χ2v) is 6.12. The number of hydrogen-bond acceptors (Lipinski definition) is 3. The van der Waals surface area contributed by atoms with Gasteiger partial charge in [-0.3, -0.25) is 0 Å². The van der Waals surface area contributed by atoms with Crippen molar-refractivity contribution < 1.29 is 0 Å². The molecule has 0 unspecified atom stereocenters. The summed E-state index contributed by atoms with van der Waals surface area (Å²) in [6.45, 7) is 8.18. The predicted octanol–water partition coefficient (Wildman–Crippen LogP) is 3.93. The number of rotatable bonds is 5. The Morgan fingerprint density at radius 3 is 2.58 bits per heavy atom. The lowest BCUT2D eigenvalue weighted by molar-refractivity contribution is 0.681. The maximum absolute atomic E-state index is 5.91. The highest BCUT2D eigenvalue weighted by Gasteiger charge is 2.16. The molecule has 3 heteroatoms. The van der Waals surface area contributed by atoms with Gasteiger partial charge in [0, 0.05) is 23.2 Å². The summed E-state index contributed by atoms with van der Waals surface area (Å²) in [4.78, 5) is 3.84. The van der Waals surface area contributed by atoms with Gasteiger partial charge in [0.2, 0.25) is 0 Å². The van der Waals surface area contributed by atoms with Crippen LogP contribution in [-0.2, 0) is 13.1 Å². The third kappa shape index (κ3) is 3.17. The topological polar surface area (TPSA) is 29.3 Å². The predicted molar refractivity (Wildman–Crippen MR) is 84.7 cm³/mol. The van der Waals surface area contributed by atoms with Gasteiger partial charge in [-0.2, -0.15) is 0 Å². The van der Waals surface area contributed by atoms with Gasteiger partial charge < -0.3 is 10.6 Å². The number of hydrogen-bond donors (Lipinski definition) is 1. The number of para-hydroxylation sites is 1. The van der Waals surface area contributed by atoms with Gasteiger partial charge >= 0.3 is 0 Å². The van der Waals surface area contributed by atoms with Crippen LogP contribution in [0, 0.1) is 6.92 Å². The smallest absolute Gasteiger partial charge is 0.0525 e. The minimum atomic E-state index is 0.452. The van der Waals surface area contributed by atoms with Crippen LogP contribution >= 0.6 is 11.3 Å². The molecule has 0 saturated heterocycles. The van der Waals surface area contributed by atoms with Crippen molar-refractivity contribution in [2.75, 3.05) is 4.90 Å². The lowest BCUT2D eigenvalue weighted by atomic mass is 10.1. The molecule has 102 valence electrons. The van der Waals surface area contributed by atoms with E-state index in [0.29, 0.717) is 12.6 Å². The van der Waals surface area contributed by atoms with Crippen LogP contribution in [0.2, 0.25) is 0 Å². The summed E-state index contributed by atoms with van der Waals surface area (Å²) in [6.07, 6.45) is 0. The zero-order chi connectivity index (χ0) is 13.8. The quantitative estimate of drug-likeness (QED) is 0.895. The van der Waals surface area contributed by atoms with E-state index in [1.165, 1.54) is 21.7 Å². The largest absolute Gasteiger partial charge is 0.363 e. The molecular weight excluding hydrogens is 252 g/mol. The average Bonchev–Trinajstić information content (AvgIpc) is 2.89. The highest BCUT2D eigenvalue weighted by atomic mass is 32.1. The molecule has 1 aromatic carbocycles. The van der Waals surface area contributed by atoms with Gasteiger partial charge in [0.05, 0.1) is 6.54 Å². The second kappa shape index (κ2) is 6.22. The molecular formula is C16H22N2S. The van der Waals surface area contributed by atoms with Crippen molar-refractivity contribution in [3.63, 3.8) is 0 Å². The van der Waals surface area contributed by atoms with Crippen molar-refractivity contribution in [3.05, 3.63) is 51.7 Å². The first-order chi connectivity index (χ1) is 9.13. The van der Waals surface area contributed by atoms with E-state index in [9.17, 15) is 0 Å². The fourth-order valence-corrected chi connectivity index (χ4v) is 3.09. The van der Waals surface area contributed by atoms with Gasteiger partial charge in [-0.15, -0.1) is 11.3 Å². The number of thiophene rings is 1. The highest BCUT2D eigenvalue weighted by molar-refractivity contribution is 7.09. The first-order valence-corrected chi connectivity index (χ1v) is 7.59.